The van der Waals surface area contributed by atoms with Gasteiger partial charge in [0.2, 0.25) is 0 Å². The van der Waals surface area contributed by atoms with Gasteiger partial charge < -0.3 is 14.2 Å². The summed E-state index contributed by atoms with van der Waals surface area (Å²) in [6, 6.07) is 11.1. The molecule has 172 valence electrons. The maximum Gasteiger partial charge on any atom is 0.185 e. The van der Waals surface area contributed by atoms with Crippen LogP contribution in [0, 0.1) is 0 Å². The zero-order valence-electron chi connectivity index (χ0n) is 20.4. The minimum absolute atomic E-state index is 0.00616. The van der Waals surface area contributed by atoms with Crippen LogP contribution in [0.4, 0.5) is 0 Å². The average molecular weight is 437 g/mol. The molecule has 2 aromatic rings. The van der Waals surface area contributed by atoms with Crippen molar-refractivity contribution in [1.29, 1.82) is 0 Å². The number of ether oxygens (including phenoxy) is 3. The third-order valence-corrected chi connectivity index (χ3v) is 4.57. The minimum atomic E-state index is -0.131. The SMILES string of the molecule is C=CCOc1ccc(C(=O)/C=C/c2cc(C(C)(C)C)c(OC(C)C)cc2OC(C)C)cc1. The van der Waals surface area contributed by atoms with Crippen molar-refractivity contribution in [2.24, 2.45) is 0 Å². The van der Waals surface area contributed by atoms with Crippen LogP contribution < -0.4 is 14.2 Å². The predicted octanol–water partition coefficient (Wildman–Crippen LogP) is 7.02. The van der Waals surface area contributed by atoms with Gasteiger partial charge in [-0.15, -0.1) is 0 Å². The van der Waals surface area contributed by atoms with Gasteiger partial charge in [0.15, 0.2) is 5.78 Å². The van der Waals surface area contributed by atoms with E-state index in [9.17, 15) is 4.79 Å². The lowest BCUT2D eigenvalue weighted by Gasteiger charge is -2.26. The molecule has 0 heterocycles. The van der Waals surface area contributed by atoms with Gasteiger partial charge in [-0.3, -0.25) is 4.79 Å². The fourth-order valence-corrected chi connectivity index (χ4v) is 3.13. The van der Waals surface area contributed by atoms with Gasteiger partial charge in [-0.25, -0.2) is 0 Å². The molecule has 2 aromatic carbocycles. The Bertz CT molecular complexity index is 945. The summed E-state index contributed by atoms with van der Waals surface area (Å²) in [4.78, 5) is 12.8. The zero-order chi connectivity index (χ0) is 23.9. The normalized spacial score (nSPS) is 11.8. The second-order valence-electron chi connectivity index (χ2n) is 9.29. The maximum absolute atomic E-state index is 12.8. The standard InChI is InChI=1S/C28H36O4/c1-9-16-30-23-13-10-21(11-14-23)25(29)15-12-22-17-24(28(6,7)8)27(32-20(4)5)18-26(22)31-19(2)3/h9-15,17-20H,1,16H2,2-8H3/b15-12+. The van der Waals surface area contributed by atoms with E-state index in [1.54, 1.807) is 36.4 Å². The maximum atomic E-state index is 12.8. The summed E-state index contributed by atoms with van der Waals surface area (Å²) < 4.78 is 17.6. The molecule has 0 unspecified atom stereocenters. The van der Waals surface area contributed by atoms with E-state index in [0.29, 0.717) is 23.7 Å². The topological polar surface area (TPSA) is 44.8 Å². The molecular formula is C28H36O4. The van der Waals surface area contributed by atoms with Gasteiger partial charge >= 0.3 is 0 Å². The number of benzene rings is 2. The quantitative estimate of drug-likeness (QED) is 0.228. The van der Waals surface area contributed by atoms with Crippen LogP contribution in [0.2, 0.25) is 0 Å². The van der Waals surface area contributed by atoms with Gasteiger partial charge in [-0.1, -0.05) is 33.4 Å². The lowest BCUT2D eigenvalue weighted by Crippen LogP contribution is -2.17. The molecule has 0 aliphatic rings. The van der Waals surface area contributed by atoms with Crippen LogP contribution in [0.3, 0.4) is 0 Å². The molecule has 0 aromatic heterocycles. The number of rotatable bonds is 10. The molecule has 2 rings (SSSR count). The van der Waals surface area contributed by atoms with Gasteiger partial charge in [0, 0.05) is 22.8 Å². The first-order valence-electron chi connectivity index (χ1n) is 11.1. The fraction of sp³-hybridized carbons (Fsp3) is 0.393. The van der Waals surface area contributed by atoms with Crippen molar-refractivity contribution >= 4 is 11.9 Å². The molecule has 0 amide bonds. The van der Waals surface area contributed by atoms with Crippen molar-refractivity contribution in [1.82, 2.24) is 0 Å². The summed E-state index contributed by atoms with van der Waals surface area (Å²) in [5, 5.41) is 0. The third kappa shape index (κ3) is 7.30. The van der Waals surface area contributed by atoms with Gasteiger partial charge in [-0.05, 0) is 75.6 Å². The van der Waals surface area contributed by atoms with Gasteiger partial charge in [0.05, 0.1) is 12.2 Å². The van der Waals surface area contributed by atoms with Crippen molar-refractivity contribution < 1.29 is 19.0 Å². The number of hydrogen-bond acceptors (Lipinski definition) is 4. The number of ketones is 1. The summed E-state index contributed by atoms with van der Waals surface area (Å²) in [5.74, 6) is 2.12. The van der Waals surface area contributed by atoms with Crippen LogP contribution in [0.25, 0.3) is 6.08 Å². The van der Waals surface area contributed by atoms with Crippen LogP contribution >= 0.6 is 0 Å². The third-order valence-electron chi connectivity index (χ3n) is 4.57. The Morgan fingerprint density at radius 1 is 0.969 bits per heavy atom. The molecule has 0 radical (unpaired) electrons. The van der Waals surface area contributed by atoms with E-state index >= 15 is 0 Å². The van der Waals surface area contributed by atoms with Crippen molar-refractivity contribution in [3.8, 4) is 17.2 Å². The van der Waals surface area contributed by atoms with Crippen molar-refractivity contribution in [3.05, 3.63) is 71.8 Å². The first kappa shape index (κ1) is 25.3. The molecule has 0 saturated carbocycles. The molecule has 0 aliphatic carbocycles. The Balaban J connectivity index is 2.39. The second-order valence-corrected chi connectivity index (χ2v) is 9.29. The van der Waals surface area contributed by atoms with Crippen LogP contribution in [0.5, 0.6) is 17.2 Å². The Morgan fingerprint density at radius 3 is 2.09 bits per heavy atom. The van der Waals surface area contributed by atoms with Gasteiger partial charge in [0.1, 0.15) is 23.9 Å². The number of allylic oxidation sites excluding steroid dienone is 1. The van der Waals surface area contributed by atoms with Crippen molar-refractivity contribution in [2.45, 2.75) is 66.1 Å². The van der Waals surface area contributed by atoms with Crippen LogP contribution in [-0.4, -0.2) is 24.6 Å². The highest BCUT2D eigenvalue weighted by Gasteiger charge is 2.22. The molecular weight excluding hydrogens is 400 g/mol. The summed E-state index contributed by atoms with van der Waals surface area (Å²) in [6.45, 7) is 18.5. The summed E-state index contributed by atoms with van der Waals surface area (Å²) in [6.07, 6.45) is 5.12. The smallest absolute Gasteiger partial charge is 0.185 e. The van der Waals surface area contributed by atoms with E-state index < -0.39 is 0 Å². The van der Waals surface area contributed by atoms with Gasteiger partial charge in [-0.2, -0.15) is 0 Å². The first-order chi connectivity index (χ1) is 15.0. The van der Waals surface area contributed by atoms with Crippen LogP contribution in [-0.2, 0) is 5.41 Å². The predicted molar refractivity (Wildman–Crippen MR) is 132 cm³/mol. The lowest BCUT2D eigenvalue weighted by molar-refractivity contribution is 0.104. The molecule has 32 heavy (non-hydrogen) atoms. The summed E-state index contributed by atoms with van der Waals surface area (Å²) >= 11 is 0. The lowest BCUT2D eigenvalue weighted by atomic mass is 9.85. The number of carbonyl (C=O) groups is 1. The van der Waals surface area contributed by atoms with Crippen LogP contribution in [0.1, 0.15) is 70.0 Å². The molecule has 0 N–H and O–H groups in total. The molecule has 4 heteroatoms. The monoisotopic (exact) mass is 436 g/mol. The second kappa shape index (κ2) is 11.0. The minimum Gasteiger partial charge on any atom is -0.491 e. The summed E-state index contributed by atoms with van der Waals surface area (Å²) in [7, 11) is 0. The van der Waals surface area contributed by atoms with E-state index in [1.165, 1.54) is 0 Å². The Kier molecular flexibility index (Phi) is 8.71. The van der Waals surface area contributed by atoms with Crippen molar-refractivity contribution in [2.75, 3.05) is 6.61 Å². The molecule has 0 bridgehead atoms. The largest absolute Gasteiger partial charge is 0.491 e. The Labute approximate surface area is 192 Å². The molecule has 0 fully saturated rings. The molecule has 4 nitrogen and oxygen atoms in total. The summed E-state index contributed by atoms with van der Waals surface area (Å²) in [5.41, 5.74) is 2.38. The first-order valence-corrected chi connectivity index (χ1v) is 11.1. The van der Waals surface area contributed by atoms with E-state index in [0.717, 1.165) is 16.9 Å². The van der Waals surface area contributed by atoms with E-state index in [1.807, 2.05) is 39.8 Å². The van der Waals surface area contributed by atoms with Crippen molar-refractivity contribution in [3.63, 3.8) is 0 Å². The zero-order valence-corrected chi connectivity index (χ0v) is 20.4. The Hall–Kier alpha value is -3.01. The van der Waals surface area contributed by atoms with Crippen LogP contribution in [0.15, 0.2) is 55.1 Å². The average Bonchev–Trinajstić information content (AvgIpc) is 2.70. The van der Waals surface area contributed by atoms with E-state index in [-0.39, 0.29) is 23.4 Å². The van der Waals surface area contributed by atoms with E-state index in [2.05, 4.69) is 33.4 Å². The number of hydrogen-bond donors (Lipinski definition) is 0. The highest BCUT2D eigenvalue weighted by molar-refractivity contribution is 6.07. The highest BCUT2D eigenvalue weighted by Crippen LogP contribution is 2.38. The highest BCUT2D eigenvalue weighted by atomic mass is 16.5. The fourth-order valence-electron chi connectivity index (χ4n) is 3.13. The van der Waals surface area contributed by atoms with E-state index in [4.69, 9.17) is 14.2 Å². The molecule has 0 aliphatic heterocycles. The van der Waals surface area contributed by atoms with Gasteiger partial charge in [0.25, 0.3) is 0 Å². The Morgan fingerprint density at radius 2 is 1.56 bits per heavy atom. The molecule has 0 saturated heterocycles. The number of carbonyl (C=O) groups excluding carboxylic acids is 1. The molecule has 0 spiro atoms. The molecule has 0 atom stereocenters.